The summed E-state index contributed by atoms with van der Waals surface area (Å²) in [6.45, 7) is 6.16. The molecule has 5 heteroatoms. The smallest absolute Gasteiger partial charge is 0.223 e. The highest BCUT2D eigenvalue weighted by Crippen LogP contribution is 2.19. The van der Waals surface area contributed by atoms with Crippen LogP contribution < -0.4 is 0 Å². The van der Waals surface area contributed by atoms with Gasteiger partial charge in [-0.15, -0.1) is 6.58 Å². The van der Waals surface area contributed by atoms with Crippen molar-refractivity contribution in [2.75, 3.05) is 18.1 Å². The number of sulfone groups is 1. The number of carbonyl (C=O) groups is 1. The molecule has 1 atom stereocenters. The van der Waals surface area contributed by atoms with Gasteiger partial charge in [-0.3, -0.25) is 4.79 Å². The first-order valence-corrected chi connectivity index (χ1v) is 9.90. The Morgan fingerprint density at radius 1 is 1.35 bits per heavy atom. The van der Waals surface area contributed by atoms with E-state index in [-0.39, 0.29) is 23.5 Å². The second kappa shape index (κ2) is 7.77. The zero-order chi connectivity index (χ0) is 16.9. The Kier molecular flexibility index (Phi) is 5.99. The number of nitrogens with zero attached hydrogens (tertiary/aromatic N) is 1. The lowest BCUT2D eigenvalue weighted by molar-refractivity contribution is -0.132. The summed E-state index contributed by atoms with van der Waals surface area (Å²) in [5.74, 6) is 0.297. The van der Waals surface area contributed by atoms with Crippen molar-refractivity contribution >= 4 is 15.7 Å². The molecule has 4 nitrogen and oxygen atoms in total. The first kappa shape index (κ1) is 17.7. The second-order valence-corrected chi connectivity index (χ2v) is 8.46. The first-order valence-electron chi connectivity index (χ1n) is 8.07. The molecule has 2 rings (SSSR count). The number of rotatable bonds is 7. The van der Waals surface area contributed by atoms with Crippen LogP contribution in [0.5, 0.6) is 0 Å². The van der Waals surface area contributed by atoms with Gasteiger partial charge < -0.3 is 4.90 Å². The van der Waals surface area contributed by atoms with Gasteiger partial charge in [0.15, 0.2) is 9.84 Å². The molecule has 126 valence electrons. The van der Waals surface area contributed by atoms with Crippen molar-refractivity contribution in [3.63, 3.8) is 0 Å². The van der Waals surface area contributed by atoms with Crippen LogP contribution in [0.3, 0.4) is 0 Å². The fourth-order valence-electron chi connectivity index (χ4n) is 2.96. The van der Waals surface area contributed by atoms with Gasteiger partial charge in [0.25, 0.3) is 0 Å². The Balaban J connectivity index is 1.88. The van der Waals surface area contributed by atoms with Gasteiger partial charge in [0, 0.05) is 19.0 Å². The third kappa shape index (κ3) is 5.20. The predicted octanol–water partition coefficient (Wildman–Crippen LogP) is 2.52. The number of aryl methyl sites for hydroxylation is 2. The number of hydrogen-bond acceptors (Lipinski definition) is 3. The molecular weight excluding hydrogens is 310 g/mol. The highest BCUT2D eigenvalue weighted by atomic mass is 32.2. The third-order valence-corrected chi connectivity index (χ3v) is 6.02. The number of benzene rings is 1. The van der Waals surface area contributed by atoms with Crippen molar-refractivity contribution in [2.45, 2.75) is 38.6 Å². The first-order chi connectivity index (χ1) is 10.9. The Labute approximate surface area is 139 Å². The fraction of sp³-hybridized carbons (Fsp3) is 0.500. The van der Waals surface area contributed by atoms with Gasteiger partial charge in [-0.2, -0.15) is 0 Å². The van der Waals surface area contributed by atoms with E-state index in [4.69, 9.17) is 0 Å². The van der Waals surface area contributed by atoms with E-state index in [1.807, 2.05) is 0 Å². The Hall–Kier alpha value is -1.62. The summed E-state index contributed by atoms with van der Waals surface area (Å²) < 4.78 is 23.3. The lowest BCUT2D eigenvalue weighted by atomic mass is 10.1. The molecule has 0 spiro atoms. The minimum atomic E-state index is -2.99. The number of hydrogen-bond donors (Lipinski definition) is 0. The molecule has 0 aliphatic carbocycles. The molecule has 1 amide bonds. The van der Waals surface area contributed by atoms with Gasteiger partial charge in [-0.25, -0.2) is 8.42 Å². The maximum absolute atomic E-state index is 12.5. The average molecular weight is 335 g/mol. The normalized spacial score (nSPS) is 19.4. The molecule has 1 aliphatic rings. The number of amides is 1. The summed E-state index contributed by atoms with van der Waals surface area (Å²) in [7, 11) is -2.99. The Morgan fingerprint density at radius 3 is 2.61 bits per heavy atom. The van der Waals surface area contributed by atoms with E-state index in [2.05, 4.69) is 37.8 Å². The summed E-state index contributed by atoms with van der Waals surface area (Å²) in [5, 5.41) is 0. The third-order valence-electron chi connectivity index (χ3n) is 4.27. The van der Waals surface area contributed by atoms with Crippen LogP contribution in [-0.2, 0) is 21.1 Å². The van der Waals surface area contributed by atoms with Crippen LogP contribution in [0.1, 0.15) is 30.4 Å². The van der Waals surface area contributed by atoms with Crippen molar-refractivity contribution in [1.82, 2.24) is 4.90 Å². The molecule has 0 aromatic heterocycles. The monoisotopic (exact) mass is 335 g/mol. The lowest BCUT2D eigenvalue weighted by Gasteiger charge is -2.27. The summed E-state index contributed by atoms with van der Waals surface area (Å²) in [6, 6.07) is 8.13. The molecule has 0 radical (unpaired) electrons. The van der Waals surface area contributed by atoms with Gasteiger partial charge in [-0.1, -0.05) is 35.9 Å². The minimum Gasteiger partial charge on any atom is -0.335 e. The quantitative estimate of drug-likeness (QED) is 0.720. The maximum atomic E-state index is 12.5. The van der Waals surface area contributed by atoms with E-state index in [1.54, 1.807) is 11.0 Å². The van der Waals surface area contributed by atoms with Gasteiger partial charge in [0.1, 0.15) is 0 Å². The van der Waals surface area contributed by atoms with E-state index in [0.717, 1.165) is 12.8 Å². The molecular formula is C18H25NO3S. The summed E-state index contributed by atoms with van der Waals surface area (Å²) >= 11 is 0. The molecule has 23 heavy (non-hydrogen) atoms. The fourth-order valence-corrected chi connectivity index (χ4v) is 4.69. The van der Waals surface area contributed by atoms with Crippen LogP contribution in [-0.4, -0.2) is 43.3 Å². The van der Waals surface area contributed by atoms with Crippen LogP contribution in [0.2, 0.25) is 0 Å². The summed E-state index contributed by atoms with van der Waals surface area (Å²) in [6.07, 6.45) is 4.28. The van der Waals surface area contributed by atoms with Crippen molar-refractivity contribution in [2.24, 2.45) is 0 Å². The number of carbonyl (C=O) groups excluding carboxylic acids is 1. The highest BCUT2D eigenvalue weighted by molar-refractivity contribution is 7.91. The predicted molar refractivity (Wildman–Crippen MR) is 93.1 cm³/mol. The van der Waals surface area contributed by atoms with Crippen molar-refractivity contribution in [1.29, 1.82) is 0 Å². The molecule has 1 aromatic rings. The Morgan fingerprint density at radius 2 is 2.04 bits per heavy atom. The van der Waals surface area contributed by atoms with E-state index < -0.39 is 9.84 Å². The molecule has 1 unspecified atom stereocenters. The largest absolute Gasteiger partial charge is 0.335 e. The van der Waals surface area contributed by atoms with Crippen LogP contribution in [0.4, 0.5) is 0 Å². The van der Waals surface area contributed by atoms with Gasteiger partial charge >= 0.3 is 0 Å². The van der Waals surface area contributed by atoms with Crippen molar-refractivity contribution in [3.05, 3.63) is 48.0 Å². The van der Waals surface area contributed by atoms with E-state index in [0.29, 0.717) is 19.4 Å². The molecule has 1 fully saturated rings. The Bertz CT molecular complexity index is 649. The average Bonchev–Trinajstić information content (AvgIpc) is 2.86. The van der Waals surface area contributed by atoms with Crippen LogP contribution in [0.25, 0.3) is 0 Å². The van der Waals surface area contributed by atoms with Gasteiger partial charge in [0.05, 0.1) is 11.5 Å². The molecule has 1 heterocycles. The molecule has 0 saturated carbocycles. The minimum absolute atomic E-state index is 0.0270. The van der Waals surface area contributed by atoms with Gasteiger partial charge in [-0.05, 0) is 31.7 Å². The lowest BCUT2D eigenvalue weighted by Crippen LogP contribution is -2.41. The zero-order valence-electron chi connectivity index (χ0n) is 13.7. The maximum Gasteiger partial charge on any atom is 0.223 e. The molecule has 0 N–H and O–H groups in total. The van der Waals surface area contributed by atoms with E-state index in [9.17, 15) is 13.2 Å². The van der Waals surface area contributed by atoms with Crippen LogP contribution >= 0.6 is 0 Å². The second-order valence-electron chi connectivity index (χ2n) is 6.23. The molecule has 0 bridgehead atoms. The topological polar surface area (TPSA) is 54.5 Å². The van der Waals surface area contributed by atoms with Crippen LogP contribution in [0, 0.1) is 6.92 Å². The molecule has 1 aromatic carbocycles. The summed E-state index contributed by atoms with van der Waals surface area (Å²) in [4.78, 5) is 14.1. The summed E-state index contributed by atoms with van der Waals surface area (Å²) in [5.41, 5.74) is 2.45. The standard InChI is InChI=1S/C18H25NO3S/c1-3-12-19(17-11-13-23(21,22)14-17)18(20)6-4-5-16-9-7-15(2)8-10-16/h3,7-10,17H,1,4-6,11-14H2,2H3. The van der Waals surface area contributed by atoms with Gasteiger partial charge in [0.2, 0.25) is 5.91 Å². The van der Waals surface area contributed by atoms with E-state index in [1.165, 1.54) is 11.1 Å². The van der Waals surface area contributed by atoms with Crippen molar-refractivity contribution < 1.29 is 13.2 Å². The highest BCUT2D eigenvalue weighted by Gasteiger charge is 2.33. The van der Waals surface area contributed by atoms with Crippen molar-refractivity contribution in [3.8, 4) is 0 Å². The van der Waals surface area contributed by atoms with E-state index >= 15 is 0 Å². The van der Waals surface area contributed by atoms with Crippen LogP contribution in [0.15, 0.2) is 36.9 Å². The SMILES string of the molecule is C=CCN(C(=O)CCCc1ccc(C)cc1)C1CCS(=O)(=O)C1. The molecule has 1 aliphatic heterocycles. The molecule has 1 saturated heterocycles. The zero-order valence-corrected chi connectivity index (χ0v) is 14.5.